The van der Waals surface area contributed by atoms with Gasteiger partial charge in [-0.25, -0.2) is 9.37 Å². The summed E-state index contributed by atoms with van der Waals surface area (Å²) in [5.74, 6) is 4.02. The number of amides is 2. The van der Waals surface area contributed by atoms with Gasteiger partial charge in [0.1, 0.15) is 11.3 Å². The van der Waals surface area contributed by atoms with E-state index in [0.29, 0.717) is 24.1 Å². The normalized spacial score (nSPS) is 12.4. The molecule has 0 saturated carbocycles. The van der Waals surface area contributed by atoms with Crippen molar-refractivity contribution in [1.82, 2.24) is 9.88 Å². The molecule has 1 aromatic carbocycles. The Kier molecular flexibility index (Phi) is 6.33. The van der Waals surface area contributed by atoms with E-state index in [0.717, 1.165) is 6.07 Å². The average Bonchev–Trinajstić information content (AvgIpc) is 2.64. The van der Waals surface area contributed by atoms with E-state index in [1.165, 1.54) is 4.90 Å². The van der Waals surface area contributed by atoms with Crippen LogP contribution in [-0.2, 0) is 4.79 Å². The third kappa shape index (κ3) is 5.28. The first-order chi connectivity index (χ1) is 13.1. The predicted octanol–water partition coefficient (Wildman–Crippen LogP) is 1.15. The van der Waals surface area contributed by atoms with Crippen molar-refractivity contribution in [3.8, 4) is 23.1 Å². The van der Waals surface area contributed by atoms with Gasteiger partial charge in [-0.3, -0.25) is 9.59 Å². The summed E-state index contributed by atoms with van der Waals surface area (Å²) in [5, 5.41) is 10.3. The summed E-state index contributed by atoms with van der Waals surface area (Å²) in [6.45, 7) is 1.89. The second-order valence-electron chi connectivity index (χ2n) is 6.56. The summed E-state index contributed by atoms with van der Waals surface area (Å²) in [6, 6.07) is 7.51. The second-order valence-corrected chi connectivity index (χ2v) is 6.56. The molecule has 1 unspecified atom stereocenters. The number of nitrogens with zero attached hydrogens (tertiary/aromatic N) is 2. The van der Waals surface area contributed by atoms with Gasteiger partial charge in [0.15, 0.2) is 11.5 Å². The number of carbonyl (C=O) groups is 2. The molecule has 8 heteroatoms. The van der Waals surface area contributed by atoms with E-state index in [4.69, 9.17) is 11.5 Å². The van der Waals surface area contributed by atoms with Gasteiger partial charge >= 0.3 is 0 Å². The predicted molar refractivity (Wildman–Crippen MR) is 103 cm³/mol. The Morgan fingerprint density at radius 2 is 2.14 bits per heavy atom. The highest BCUT2D eigenvalue weighted by atomic mass is 19.1. The number of pyridine rings is 1. The SMILES string of the molecule is CN(C=O)CCC(C)(O)C#Cc1cccc(-c2nc(C(N)=O)c(N)cc2F)c1. The number of primary amides is 1. The average molecular weight is 384 g/mol. The third-order valence-corrected chi connectivity index (χ3v) is 3.98. The number of nitrogens with two attached hydrogens (primary N) is 2. The van der Waals surface area contributed by atoms with Gasteiger partial charge in [-0.2, -0.15) is 0 Å². The summed E-state index contributed by atoms with van der Waals surface area (Å²) in [6.07, 6.45) is 0.937. The van der Waals surface area contributed by atoms with Gasteiger partial charge in [0.25, 0.3) is 5.91 Å². The van der Waals surface area contributed by atoms with E-state index in [9.17, 15) is 19.1 Å². The molecular formula is C20H21FN4O3. The fraction of sp³-hybridized carbons (Fsp3) is 0.250. The molecule has 0 aliphatic heterocycles. The van der Waals surface area contributed by atoms with Gasteiger partial charge in [-0.15, -0.1) is 0 Å². The monoisotopic (exact) mass is 384 g/mol. The van der Waals surface area contributed by atoms with Crippen LogP contribution in [0.15, 0.2) is 30.3 Å². The van der Waals surface area contributed by atoms with Crippen molar-refractivity contribution in [3.63, 3.8) is 0 Å². The maximum absolute atomic E-state index is 14.3. The molecule has 7 nitrogen and oxygen atoms in total. The molecule has 5 N–H and O–H groups in total. The largest absolute Gasteiger partial charge is 0.397 e. The van der Waals surface area contributed by atoms with Gasteiger partial charge in [0, 0.05) is 37.2 Å². The van der Waals surface area contributed by atoms with Crippen LogP contribution >= 0.6 is 0 Å². The standard InChI is InChI=1S/C20H21FN4O3/c1-20(28,8-9-25(2)12-26)7-6-13-4-3-5-14(10-13)17-15(21)11-16(22)18(24-17)19(23)27/h3-5,10-12,28H,8-9,22H2,1-2H3,(H2,23,27). The Labute approximate surface area is 162 Å². The fourth-order valence-electron chi connectivity index (χ4n) is 2.36. The van der Waals surface area contributed by atoms with Crippen molar-refractivity contribution in [2.75, 3.05) is 19.3 Å². The molecule has 2 amide bonds. The molecule has 2 rings (SSSR count). The lowest BCUT2D eigenvalue weighted by Crippen LogP contribution is -2.29. The highest BCUT2D eigenvalue weighted by Crippen LogP contribution is 2.25. The van der Waals surface area contributed by atoms with Gasteiger partial charge in [-0.1, -0.05) is 24.0 Å². The molecule has 0 radical (unpaired) electrons. The summed E-state index contributed by atoms with van der Waals surface area (Å²) in [7, 11) is 1.61. The smallest absolute Gasteiger partial charge is 0.269 e. The van der Waals surface area contributed by atoms with Crippen LogP contribution in [0.5, 0.6) is 0 Å². The first-order valence-corrected chi connectivity index (χ1v) is 8.40. The maximum Gasteiger partial charge on any atom is 0.269 e. The van der Waals surface area contributed by atoms with Crippen molar-refractivity contribution in [3.05, 3.63) is 47.4 Å². The van der Waals surface area contributed by atoms with E-state index in [1.54, 1.807) is 38.2 Å². The minimum atomic E-state index is -1.31. The molecule has 1 atom stereocenters. The topological polar surface area (TPSA) is 123 Å². The number of benzene rings is 1. The molecule has 0 fully saturated rings. The molecule has 1 aromatic heterocycles. The van der Waals surface area contributed by atoms with Crippen molar-refractivity contribution in [2.24, 2.45) is 5.73 Å². The molecule has 0 aliphatic carbocycles. The molecule has 28 heavy (non-hydrogen) atoms. The van der Waals surface area contributed by atoms with E-state index in [2.05, 4.69) is 16.8 Å². The quantitative estimate of drug-likeness (QED) is 0.509. The van der Waals surface area contributed by atoms with Crippen LogP contribution in [0.25, 0.3) is 11.3 Å². The Bertz CT molecular complexity index is 964. The zero-order valence-corrected chi connectivity index (χ0v) is 15.6. The summed E-state index contributed by atoms with van der Waals surface area (Å²) in [4.78, 5) is 27.4. The number of aliphatic hydroxyl groups is 1. The second kappa shape index (κ2) is 8.50. The van der Waals surface area contributed by atoms with E-state index >= 15 is 0 Å². The van der Waals surface area contributed by atoms with Gasteiger partial charge in [0.05, 0.1) is 5.69 Å². The number of hydrogen-bond donors (Lipinski definition) is 3. The highest BCUT2D eigenvalue weighted by Gasteiger charge is 2.18. The Morgan fingerprint density at radius 3 is 2.79 bits per heavy atom. The number of aromatic nitrogens is 1. The van der Waals surface area contributed by atoms with Crippen molar-refractivity contribution < 1.29 is 19.1 Å². The van der Waals surface area contributed by atoms with E-state index in [-0.39, 0.29) is 23.5 Å². The Balaban J connectivity index is 2.33. The number of rotatable bonds is 6. The summed E-state index contributed by atoms with van der Waals surface area (Å²) >= 11 is 0. The lowest BCUT2D eigenvalue weighted by Gasteiger charge is -2.19. The molecule has 146 valence electrons. The highest BCUT2D eigenvalue weighted by molar-refractivity contribution is 5.96. The number of hydrogen-bond acceptors (Lipinski definition) is 5. The van der Waals surface area contributed by atoms with E-state index in [1.807, 2.05) is 0 Å². The molecule has 0 bridgehead atoms. The maximum atomic E-state index is 14.3. The number of anilines is 1. The lowest BCUT2D eigenvalue weighted by molar-refractivity contribution is -0.117. The summed E-state index contributed by atoms with van der Waals surface area (Å²) in [5.41, 5.74) is 9.95. The summed E-state index contributed by atoms with van der Waals surface area (Å²) < 4.78 is 14.3. The molecule has 1 heterocycles. The van der Waals surface area contributed by atoms with Crippen molar-refractivity contribution in [1.29, 1.82) is 0 Å². The first-order valence-electron chi connectivity index (χ1n) is 8.40. The van der Waals surface area contributed by atoms with Crippen LogP contribution in [0.3, 0.4) is 0 Å². The zero-order chi connectivity index (χ0) is 20.9. The van der Waals surface area contributed by atoms with Crippen LogP contribution in [-0.4, -0.2) is 46.5 Å². The third-order valence-electron chi connectivity index (χ3n) is 3.98. The number of nitrogen functional groups attached to an aromatic ring is 1. The molecule has 0 spiro atoms. The van der Waals surface area contributed by atoms with Crippen LogP contribution < -0.4 is 11.5 Å². The number of halogens is 1. The van der Waals surface area contributed by atoms with Crippen LogP contribution in [0.1, 0.15) is 29.4 Å². The Morgan fingerprint density at radius 1 is 1.43 bits per heavy atom. The Hall–Kier alpha value is -3.44. The molecule has 0 saturated heterocycles. The minimum Gasteiger partial charge on any atom is -0.397 e. The first kappa shape index (κ1) is 20.9. The fourth-order valence-corrected chi connectivity index (χ4v) is 2.36. The van der Waals surface area contributed by atoms with Gasteiger partial charge in [0.2, 0.25) is 6.41 Å². The van der Waals surface area contributed by atoms with E-state index < -0.39 is 17.3 Å². The number of carbonyl (C=O) groups excluding carboxylic acids is 2. The van der Waals surface area contributed by atoms with Crippen LogP contribution in [0, 0.1) is 17.7 Å². The van der Waals surface area contributed by atoms with Crippen molar-refractivity contribution in [2.45, 2.75) is 18.9 Å². The molecular weight excluding hydrogens is 363 g/mol. The van der Waals surface area contributed by atoms with Crippen molar-refractivity contribution >= 4 is 18.0 Å². The van der Waals surface area contributed by atoms with Gasteiger partial charge in [-0.05, 0) is 19.1 Å². The molecule has 0 aliphatic rings. The zero-order valence-electron chi connectivity index (χ0n) is 15.6. The van der Waals surface area contributed by atoms with Crippen LogP contribution in [0.2, 0.25) is 0 Å². The lowest BCUT2D eigenvalue weighted by atomic mass is 10.0. The minimum absolute atomic E-state index is 0.0778. The van der Waals surface area contributed by atoms with Gasteiger partial charge < -0.3 is 21.5 Å². The van der Waals surface area contributed by atoms with Crippen LogP contribution in [0.4, 0.5) is 10.1 Å². The molecule has 2 aromatic rings.